The van der Waals surface area contributed by atoms with E-state index in [9.17, 15) is 14.4 Å². The van der Waals surface area contributed by atoms with Crippen molar-refractivity contribution in [2.45, 2.75) is 6.92 Å². The predicted molar refractivity (Wildman–Crippen MR) is 93.5 cm³/mol. The number of carbonyl (C=O) groups is 3. The van der Waals surface area contributed by atoms with Gasteiger partial charge >= 0.3 is 5.97 Å². The zero-order valence-electron chi connectivity index (χ0n) is 14.6. The van der Waals surface area contributed by atoms with Gasteiger partial charge in [-0.1, -0.05) is 0 Å². The fourth-order valence-electron chi connectivity index (χ4n) is 2.42. The lowest BCUT2D eigenvalue weighted by atomic mass is 10.2. The number of hydrogen-bond acceptors (Lipinski definition) is 7. The molecule has 9 heteroatoms. The predicted octanol–water partition coefficient (Wildman–Crippen LogP) is 1.16. The van der Waals surface area contributed by atoms with Crippen molar-refractivity contribution >= 4 is 23.4 Å². The Kier molecular flexibility index (Phi) is 5.11. The highest BCUT2D eigenvalue weighted by molar-refractivity contribution is 6.06. The first-order valence-electron chi connectivity index (χ1n) is 7.95. The summed E-state index contributed by atoms with van der Waals surface area (Å²) in [5.74, 6) is -1.50. The van der Waals surface area contributed by atoms with Crippen molar-refractivity contribution in [3.05, 3.63) is 59.5 Å². The molecule has 0 atom stereocenters. The van der Waals surface area contributed by atoms with E-state index in [1.807, 2.05) is 0 Å². The monoisotopic (exact) mass is 368 g/mol. The molecule has 0 aliphatic heterocycles. The van der Waals surface area contributed by atoms with E-state index in [2.05, 4.69) is 15.4 Å². The third kappa shape index (κ3) is 3.92. The standard InChI is InChI=1S/C18H16N4O5/c1-11-15(16-19-8-3-9-22(16)21-11)18(25)27-10-14(23)20-17(24)12-4-6-13(26-2)7-5-12/h3-9H,10H2,1-2H3,(H,20,23,24). The normalized spacial score (nSPS) is 10.4. The number of aromatic nitrogens is 3. The van der Waals surface area contributed by atoms with Crippen LogP contribution >= 0.6 is 0 Å². The lowest BCUT2D eigenvalue weighted by molar-refractivity contribution is -0.123. The van der Waals surface area contributed by atoms with Gasteiger partial charge in [-0.05, 0) is 37.3 Å². The van der Waals surface area contributed by atoms with Crippen LogP contribution in [0.15, 0.2) is 42.7 Å². The highest BCUT2D eigenvalue weighted by atomic mass is 16.5. The highest BCUT2D eigenvalue weighted by Crippen LogP contribution is 2.14. The van der Waals surface area contributed by atoms with E-state index in [0.717, 1.165) is 0 Å². The Bertz CT molecular complexity index is 1010. The zero-order chi connectivity index (χ0) is 19.4. The molecule has 3 aromatic rings. The SMILES string of the molecule is COc1ccc(C(=O)NC(=O)COC(=O)c2c(C)nn3cccnc23)cc1. The van der Waals surface area contributed by atoms with Gasteiger partial charge in [0, 0.05) is 18.0 Å². The average molecular weight is 368 g/mol. The Balaban J connectivity index is 1.60. The van der Waals surface area contributed by atoms with Gasteiger partial charge in [0.2, 0.25) is 0 Å². The summed E-state index contributed by atoms with van der Waals surface area (Å²) >= 11 is 0. The minimum Gasteiger partial charge on any atom is -0.497 e. The molecule has 0 radical (unpaired) electrons. The first-order valence-corrected chi connectivity index (χ1v) is 7.95. The Morgan fingerprint density at radius 1 is 1.19 bits per heavy atom. The first-order chi connectivity index (χ1) is 13.0. The summed E-state index contributed by atoms with van der Waals surface area (Å²) in [5.41, 5.74) is 1.20. The maximum absolute atomic E-state index is 12.3. The molecule has 0 aliphatic rings. The maximum atomic E-state index is 12.3. The number of aryl methyl sites for hydroxylation is 1. The van der Waals surface area contributed by atoms with Gasteiger partial charge in [0.1, 0.15) is 11.3 Å². The van der Waals surface area contributed by atoms with E-state index >= 15 is 0 Å². The second-order valence-electron chi connectivity index (χ2n) is 5.53. The van der Waals surface area contributed by atoms with Crippen LogP contribution in [0.4, 0.5) is 0 Å². The minimum absolute atomic E-state index is 0.171. The summed E-state index contributed by atoms with van der Waals surface area (Å²) in [6.45, 7) is 1.03. The molecule has 2 aromatic heterocycles. The highest BCUT2D eigenvalue weighted by Gasteiger charge is 2.21. The lowest BCUT2D eigenvalue weighted by Crippen LogP contribution is -2.34. The summed E-state index contributed by atoms with van der Waals surface area (Å²) in [7, 11) is 1.51. The quantitative estimate of drug-likeness (QED) is 0.673. The largest absolute Gasteiger partial charge is 0.497 e. The van der Waals surface area contributed by atoms with Crippen molar-refractivity contribution in [1.29, 1.82) is 0 Å². The smallest absolute Gasteiger partial charge is 0.344 e. The number of benzene rings is 1. The molecule has 0 bridgehead atoms. The molecule has 1 N–H and O–H groups in total. The van der Waals surface area contributed by atoms with Gasteiger partial charge in [0.05, 0.1) is 12.8 Å². The molecule has 0 spiro atoms. The van der Waals surface area contributed by atoms with Crippen LogP contribution in [0.1, 0.15) is 26.4 Å². The second kappa shape index (κ2) is 7.65. The van der Waals surface area contributed by atoms with Crippen LogP contribution in [-0.2, 0) is 9.53 Å². The van der Waals surface area contributed by atoms with Crippen molar-refractivity contribution < 1.29 is 23.9 Å². The minimum atomic E-state index is -0.744. The second-order valence-corrected chi connectivity index (χ2v) is 5.53. The van der Waals surface area contributed by atoms with Crippen molar-refractivity contribution in [3.8, 4) is 5.75 Å². The third-order valence-corrected chi connectivity index (χ3v) is 3.71. The van der Waals surface area contributed by atoms with Crippen LogP contribution in [0, 0.1) is 6.92 Å². The molecule has 9 nitrogen and oxygen atoms in total. The molecular weight excluding hydrogens is 352 g/mol. The Morgan fingerprint density at radius 2 is 1.93 bits per heavy atom. The van der Waals surface area contributed by atoms with Gasteiger partial charge in [0.25, 0.3) is 11.8 Å². The number of amides is 2. The van der Waals surface area contributed by atoms with Gasteiger partial charge in [-0.2, -0.15) is 5.10 Å². The summed E-state index contributed by atoms with van der Waals surface area (Å²) in [5, 5.41) is 6.31. The fourth-order valence-corrected chi connectivity index (χ4v) is 2.42. The fraction of sp³-hybridized carbons (Fsp3) is 0.167. The van der Waals surface area contributed by atoms with Gasteiger partial charge in [-0.3, -0.25) is 14.9 Å². The molecule has 0 fully saturated rings. The number of esters is 1. The summed E-state index contributed by atoms with van der Waals surface area (Å²) in [6, 6.07) is 7.90. The summed E-state index contributed by atoms with van der Waals surface area (Å²) in [6.07, 6.45) is 3.17. The van der Waals surface area contributed by atoms with Crippen molar-refractivity contribution in [1.82, 2.24) is 19.9 Å². The number of ether oxygens (including phenoxy) is 2. The summed E-state index contributed by atoms with van der Waals surface area (Å²) in [4.78, 5) is 40.3. The number of methoxy groups -OCH3 is 1. The Labute approximate surface area is 153 Å². The molecule has 0 saturated heterocycles. The van der Waals surface area contributed by atoms with E-state index < -0.39 is 24.4 Å². The first kappa shape index (κ1) is 18.1. The average Bonchev–Trinajstić information content (AvgIpc) is 3.02. The van der Waals surface area contributed by atoms with E-state index in [4.69, 9.17) is 9.47 Å². The van der Waals surface area contributed by atoms with E-state index in [0.29, 0.717) is 17.1 Å². The third-order valence-electron chi connectivity index (χ3n) is 3.71. The van der Waals surface area contributed by atoms with Gasteiger partial charge in [-0.25, -0.2) is 14.3 Å². The molecule has 0 aliphatic carbocycles. The molecule has 27 heavy (non-hydrogen) atoms. The van der Waals surface area contributed by atoms with Crippen LogP contribution in [0.2, 0.25) is 0 Å². The molecule has 0 unspecified atom stereocenters. The van der Waals surface area contributed by atoms with Gasteiger partial charge in [0.15, 0.2) is 12.3 Å². The molecule has 3 rings (SSSR count). The van der Waals surface area contributed by atoms with Crippen LogP contribution in [0.5, 0.6) is 5.75 Å². The van der Waals surface area contributed by atoms with Crippen molar-refractivity contribution in [2.75, 3.05) is 13.7 Å². The summed E-state index contributed by atoms with van der Waals surface area (Å²) < 4.78 is 11.4. The number of imide groups is 1. The molecular formula is C18H16N4O5. The van der Waals surface area contributed by atoms with Crippen LogP contribution < -0.4 is 10.1 Å². The number of rotatable bonds is 5. The van der Waals surface area contributed by atoms with Gasteiger partial charge < -0.3 is 9.47 Å². The van der Waals surface area contributed by atoms with E-state index in [-0.39, 0.29) is 11.1 Å². The number of nitrogens with zero attached hydrogens (tertiary/aromatic N) is 3. The lowest BCUT2D eigenvalue weighted by Gasteiger charge is -2.06. The Hall–Kier alpha value is -3.75. The van der Waals surface area contributed by atoms with E-state index in [1.54, 1.807) is 31.3 Å². The number of hydrogen-bond donors (Lipinski definition) is 1. The molecule has 2 heterocycles. The van der Waals surface area contributed by atoms with E-state index in [1.165, 1.54) is 30.0 Å². The van der Waals surface area contributed by atoms with Crippen LogP contribution in [0.3, 0.4) is 0 Å². The molecule has 0 saturated carbocycles. The van der Waals surface area contributed by atoms with Gasteiger partial charge in [-0.15, -0.1) is 0 Å². The zero-order valence-corrected chi connectivity index (χ0v) is 14.6. The topological polar surface area (TPSA) is 112 Å². The van der Waals surface area contributed by atoms with Crippen LogP contribution in [-0.4, -0.2) is 46.1 Å². The maximum Gasteiger partial charge on any atom is 0.344 e. The molecule has 1 aromatic carbocycles. The number of nitrogens with one attached hydrogen (secondary N) is 1. The molecule has 138 valence electrons. The number of fused-ring (bicyclic) bond motifs is 1. The van der Waals surface area contributed by atoms with Crippen molar-refractivity contribution in [2.24, 2.45) is 0 Å². The van der Waals surface area contributed by atoms with Crippen molar-refractivity contribution in [3.63, 3.8) is 0 Å². The number of carbonyl (C=O) groups excluding carboxylic acids is 3. The molecule has 2 amide bonds. The Morgan fingerprint density at radius 3 is 2.63 bits per heavy atom. The van der Waals surface area contributed by atoms with Crippen LogP contribution in [0.25, 0.3) is 5.65 Å².